The Hall–Kier alpha value is -2.64. The first-order valence-corrected chi connectivity index (χ1v) is 10.4. The summed E-state index contributed by atoms with van der Waals surface area (Å²) in [6, 6.07) is 2.65. The summed E-state index contributed by atoms with van der Waals surface area (Å²) in [4.78, 5) is 24.8. The lowest BCUT2D eigenvalue weighted by Gasteiger charge is -2.41. The number of nitrogens with zero attached hydrogens (tertiary/aromatic N) is 4. The van der Waals surface area contributed by atoms with Gasteiger partial charge >= 0.3 is 6.18 Å². The van der Waals surface area contributed by atoms with Crippen molar-refractivity contribution in [2.45, 2.75) is 51.9 Å². The molecule has 3 aliphatic rings. The fourth-order valence-corrected chi connectivity index (χ4v) is 4.89. The van der Waals surface area contributed by atoms with Crippen molar-refractivity contribution in [1.29, 1.82) is 0 Å². The molecule has 0 N–H and O–H groups in total. The van der Waals surface area contributed by atoms with Gasteiger partial charge in [-0.25, -0.2) is 0 Å². The van der Waals surface area contributed by atoms with Crippen molar-refractivity contribution in [3.8, 4) is 0 Å². The molecule has 2 aromatic rings. The molecule has 1 amide bonds. The third-order valence-corrected chi connectivity index (χ3v) is 6.57. The van der Waals surface area contributed by atoms with Crippen LogP contribution in [-0.2, 0) is 36.9 Å². The van der Waals surface area contributed by atoms with Gasteiger partial charge in [-0.15, -0.1) is 0 Å². The molecule has 0 bridgehead atoms. The van der Waals surface area contributed by atoms with E-state index in [4.69, 9.17) is 4.98 Å². The van der Waals surface area contributed by atoms with E-state index >= 15 is 0 Å². The molecule has 0 atom stereocenters. The van der Waals surface area contributed by atoms with Crippen molar-refractivity contribution in [3.05, 3.63) is 52.1 Å². The normalized spacial score (nSPS) is 18.4. The zero-order chi connectivity index (χ0) is 21.0. The van der Waals surface area contributed by atoms with Gasteiger partial charge in [-0.05, 0) is 55.0 Å². The van der Waals surface area contributed by atoms with Crippen molar-refractivity contribution in [1.82, 2.24) is 14.9 Å². The van der Waals surface area contributed by atoms with Crippen LogP contribution in [0.25, 0.3) is 0 Å². The number of pyridine rings is 2. The molecule has 1 saturated heterocycles. The molecule has 30 heavy (non-hydrogen) atoms. The van der Waals surface area contributed by atoms with Crippen LogP contribution in [-0.4, -0.2) is 33.9 Å². The summed E-state index contributed by atoms with van der Waals surface area (Å²) < 4.78 is 38.6. The summed E-state index contributed by atoms with van der Waals surface area (Å²) in [5, 5.41) is 0. The molecule has 8 heteroatoms. The number of carbonyl (C=O) groups is 1. The zero-order valence-corrected chi connectivity index (χ0v) is 16.8. The van der Waals surface area contributed by atoms with Gasteiger partial charge in [0, 0.05) is 49.6 Å². The fraction of sp³-hybridized carbons (Fsp3) is 0.500. The van der Waals surface area contributed by atoms with Crippen LogP contribution in [0.4, 0.5) is 18.9 Å². The second kappa shape index (κ2) is 6.96. The van der Waals surface area contributed by atoms with E-state index < -0.39 is 11.9 Å². The summed E-state index contributed by atoms with van der Waals surface area (Å²) in [6.45, 7) is 4.50. The molecule has 0 radical (unpaired) electrons. The number of hydrogen-bond donors (Lipinski definition) is 0. The average molecular weight is 416 g/mol. The number of amides is 1. The van der Waals surface area contributed by atoms with Gasteiger partial charge in [-0.1, -0.05) is 0 Å². The summed E-state index contributed by atoms with van der Waals surface area (Å²) in [5.74, 6) is 0.255. The van der Waals surface area contributed by atoms with Crippen LogP contribution in [0, 0.1) is 12.8 Å². The highest BCUT2D eigenvalue weighted by Crippen LogP contribution is 2.35. The first-order valence-electron chi connectivity index (χ1n) is 10.4. The highest BCUT2D eigenvalue weighted by Gasteiger charge is 2.36. The quantitative estimate of drug-likeness (QED) is 0.766. The number of carbonyl (C=O) groups excluding carboxylic acids is 1. The van der Waals surface area contributed by atoms with E-state index in [9.17, 15) is 18.0 Å². The van der Waals surface area contributed by atoms with Crippen LogP contribution in [0.2, 0.25) is 0 Å². The number of anilines is 1. The average Bonchev–Trinajstić information content (AvgIpc) is 3.31. The maximum atomic E-state index is 12.9. The number of halogens is 3. The van der Waals surface area contributed by atoms with Crippen molar-refractivity contribution >= 4 is 11.6 Å². The summed E-state index contributed by atoms with van der Waals surface area (Å²) in [7, 11) is 0. The van der Waals surface area contributed by atoms with Gasteiger partial charge < -0.3 is 9.80 Å². The molecule has 0 spiro atoms. The van der Waals surface area contributed by atoms with Crippen molar-refractivity contribution in [2.75, 3.05) is 18.0 Å². The minimum Gasteiger partial charge on any atom is -0.371 e. The van der Waals surface area contributed by atoms with Crippen LogP contribution in [0.1, 0.15) is 46.6 Å². The maximum absolute atomic E-state index is 12.9. The second-order valence-corrected chi connectivity index (χ2v) is 8.56. The standard InChI is InChI=1S/C22H23F3N4O/c1-13-16-3-2-4-18(16)27-19-12-29(11-17(13)19)21(30)7-14-9-28(10-14)15-5-6-26-20(8-15)22(23,24)25/h5-6,8,14H,2-4,7,9-12H2,1H3. The Kier molecular flexibility index (Phi) is 4.48. The lowest BCUT2D eigenvalue weighted by Crippen LogP contribution is -2.48. The van der Waals surface area contributed by atoms with E-state index in [0.29, 0.717) is 38.3 Å². The topological polar surface area (TPSA) is 49.3 Å². The van der Waals surface area contributed by atoms with Gasteiger partial charge in [0.2, 0.25) is 5.91 Å². The fourth-order valence-electron chi connectivity index (χ4n) is 4.89. The smallest absolute Gasteiger partial charge is 0.371 e. The van der Waals surface area contributed by atoms with E-state index in [0.717, 1.165) is 31.0 Å². The minimum absolute atomic E-state index is 0.0999. The molecule has 1 aliphatic carbocycles. The number of hydrogen-bond acceptors (Lipinski definition) is 4. The molecule has 0 unspecified atom stereocenters. The predicted molar refractivity (Wildman–Crippen MR) is 105 cm³/mol. The Morgan fingerprint density at radius 1 is 1.17 bits per heavy atom. The first kappa shape index (κ1) is 19.3. The van der Waals surface area contributed by atoms with E-state index in [1.807, 2.05) is 9.80 Å². The molecule has 158 valence electrons. The van der Waals surface area contributed by atoms with Gasteiger partial charge in [0.25, 0.3) is 0 Å². The Balaban J connectivity index is 1.19. The van der Waals surface area contributed by atoms with Crippen molar-refractivity contribution in [2.24, 2.45) is 5.92 Å². The Labute approximate surface area is 172 Å². The van der Waals surface area contributed by atoms with E-state index in [1.165, 1.54) is 28.6 Å². The van der Waals surface area contributed by atoms with Gasteiger partial charge in [-0.2, -0.15) is 13.2 Å². The lowest BCUT2D eigenvalue weighted by atomic mass is 9.95. The van der Waals surface area contributed by atoms with Crippen LogP contribution >= 0.6 is 0 Å². The van der Waals surface area contributed by atoms with Crippen molar-refractivity contribution < 1.29 is 18.0 Å². The minimum atomic E-state index is -4.45. The van der Waals surface area contributed by atoms with Crippen LogP contribution < -0.4 is 4.90 Å². The molecule has 5 rings (SSSR count). The molecule has 5 nitrogen and oxygen atoms in total. The molecule has 4 heterocycles. The van der Waals surface area contributed by atoms with Crippen LogP contribution in [0.15, 0.2) is 18.3 Å². The number of aryl methyl sites for hydroxylation is 1. The van der Waals surface area contributed by atoms with Crippen molar-refractivity contribution in [3.63, 3.8) is 0 Å². The monoisotopic (exact) mass is 416 g/mol. The molecular weight excluding hydrogens is 393 g/mol. The number of fused-ring (bicyclic) bond motifs is 2. The highest BCUT2D eigenvalue weighted by molar-refractivity contribution is 5.77. The second-order valence-electron chi connectivity index (χ2n) is 8.56. The van der Waals surface area contributed by atoms with Crippen LogP contribution in [0.3, 0.4) is 0 Å². The molecule has 0 aromatic carbocycles. The molecule has 1 fully saturated rings. The Morgan fingerprint density at radius 3 is 2.73 bits per heavy atom. The van der Waals surface area contributed by atoms with Gasteiger partial charge in [0.15, 0.2) is 0 Å². The van der Waals surface area contributed by atoms with Gasteiger partial charge in [0.1, 0.15) is 5.69 Å². The third-order valence-electron chi connectivity index (χ3n) is 6.57. The Bertz CT molecular complexity index is 1010. The largest absolute Gasteiger partial charge is 0.433 e. The summed E-state index contributed by atoms with van der Waals surface area (Å²) >= 11 is 0. The molecule has 2 aliphatic heterocycles. The molecule has 2 aromatic heterocycles. The maximum Gasteiger partial charge on any atom is 0.433 e. The number of alkyl halides is 3. The van der Waals surface area contributed by atoms with Gasteiger partial charge in [0.05, 0.1) is 12.2 Å². The van der Waals surface area contributed by atoms with Gasteiger partial charge in [-0.3, -0.25) is 14.8 Å². The predicted octanol–water partition coefficient (Wildman–Crippen LogP) is 3.66. The number of aromatic nitrogens is 2. The summed E-state index contributed by atoms with van der Waals surface area (Å²) in [6.07, 6.45) is 0.423. The third kappa shape index (κ3) is 3.32. The van der Waals surface area contributed by atoms with E-state index in [1.54, 1.807) is 6.07 Å². The van der Waals surface area contributed by atoms with Crippen LogP contribution in [0.5, 0.6) is 0 Å². The SMILES string of the molecule is Cc1c2c(nc3c1CN(C(=O)CC1CN(c4ccnc(C(F)(F)F)c4)C1)C3)CCC2. The van der Waals surface area contributed by atoms with E-state index in [-0.39, 0.29) is 11.8 Å². The number of rotatable bonds is 3. The lowest BCUT2D eigenvalue weighted by molar-refractivity contribution is -0.141. The Morgan fingerprint density at radius 2 is 1.97 bits per heavy atom. The summed E-state index contributed by atoms with van der Waals surface area (Å²) in [5.41, 5.74) is 5.73. The molecule has 0 saturated carbocycles. The molecular formula is C22H23F3N4O. The van der Waals surface area contributed by atoms with E-state index in [2.05, 4.69) is 11.9 Å². The zero-order valence-electron chi connectivity index (χ0n) is 16.8. The highest BCUT2D eigenvalue weighted by atomic mass is 19.4. The first-order chi connectivity index (χ1) is 14.3.